The zero-order valence-corrected chi connectivity index (χ0v) is 22.1. The van der Waals surface area contributed by atoms with Crippen LogP contribution in [0.2, 0.25) is 0 Å². The monoisotopic (exact) mass is 567 g/mol. The molecule has 0 saturated heterocycles. The van der Waals surface area contributed by atoms with Crippen LogP contribution in [0.4, 0.5) is 22.0 Å². The Morgan fingerprint density at radius 1 is 0.825 bits per heavy atom. The van der Waals surface area contributed by atoms with E-state index in [1.165, 1.54) is 12.1 Å². The number of nitrogens with zero attached hydrogens (tertiary/aromatic N) is 1. The summed E-state index contributed by atoms with van der Waals surface area (Å²) in [5.41, 5.74) is -3.30. The van der Waals surface area contributed by atoms with Gasteiger partial charge in [-0.15, -0.1) is 0 Å². The largest absolute Gasteiger partial charge is 0.478 e. The Bertz CT molecular complexity index is 1390. The van der Waals surface area contributed by atoms with Crippen molar-refractivity contribution < 1.29 is 40.6 Å². The van der Waals surface area contributed by atoms with Gasteiger partial charge in [-0.1, -0.05) is 51.5 Å². The van der Waals surface area contributed by atoms with E-state index in [9.17, 15) is 31.5 Å². The molecule has 0 aliphatic heterocycles. The first-order valence-electron chi connectivity index (χ1n) is 13.0. The third kappa shape index (κ3) is 7.89. The topological polar surface area (TPSA) is 78.6 Å². The molecule has 11 heteroatoms. The molecule has 0 aliphatic rings. The molecule has 0 atom stereocenters. The molecular formula is C29H30F5NO5. The van der Waals surface area contributed by atoms with E-state index < -0.39 is 45.8 Å². The fourth-order valence-electron chi connectivity index (χ4n) is 3.99. The number of fused-ring (bicyclic) bond motifs is 1. The molecule has 3 rings (SSSR count). The number of carbonyl (C=O) groups is 1. The molecule has 0 spiro atoms. The molecule has 6 nitrogen and oxygen atoms in total. The quantitative estimate of drug-likeness (QED) is 0.0471. The third-order valence-corrected chi connectivity index (χ3v) is 6.17. The van der Waals surface area contributed by atoms with Crippen LogP contribution in [0.15, 0.2) is 39.6 Å². The van der Waals surface area contributed by atoms with E-state index in [1.54, 1.807) is 6.92 Å². The van der Waals surface area contributed by atoms with Crippen LogP contribution in [0.1, 0.15) is 64.7 Å². The van der Waals surface area contributed by atoms with Crippen LogP contribution in [-0.2, 0) is 9.53 Å². The number of hydrogen-bond acceptors (Lipinski definition) is 6. The van der Waals surface area contributed by atoms with Crippen molar-refractivity contribution >= 4 is 17.1 Å². The van der Waals surface area contributed by atoms with E-state index in [1.807, 2.05) is 0 Å². The lowest BCUT2D eigenvalue weighted by atomic mass is 10.0. The molecule has 0 unspecified atom stereocenters. The SMILES string of the molecule is C=C(C)C(=O)OCCCCCCCCCCCOc1ccc2cc(-c3c(F)c(F)c(F)c(F)c3F)c(=O)oc2n1. The summed E-state index contributed by atoms with van der Waals surface area (Å²) in [6.45, 7) is 5.95. The van der Waals surface area contributed by atoms with Crippen LogP contribution in [0.5, 0.6) is 5.88 Å². The molecule has 0 bridgehead atoms. The molecule has 0 aliphatic carbocycles. The average molecular weight is 568 g/mol. The molecule has 1 aromatic carbocycles. The minimum atomic E-state index is -2.32. The highest BCUT2D eigenvalue weighted by Gasteiger charge is 2.28. The standard InChI is InChI=1S/C29H30F5NO5/c1-17(2)28(36)39-15-11-9-7-5-3-4-6-8-10-14-38-20-13-12-18-16-19(29(37)40-27(18)35-20)21-22(30)24(32)26(34)25(33)23(21)31/h12-13,16H,1,3-11,14-15H2,2H3. The number of carbonyl (C=O) groups excluding carboxylic acids is 1. The molecule has 2 heterocycles. The molecule has 0 radical (unpaired) electrons. The van der Waals surface area contributed by atoms with Gasteiger partial charge in [0.25, 0.3) is 0 Å². The Labute approximate surface area is 227 Å². The lowest BCUT2D eigenvalue weighted by Crippen LogP contribution is -2.10. The molecule has 40 heavy (non-hydrogen) atoms. The lowest BCUT2D eigenvalue weighted by Gasteiger charge is -2.09. The molecule has 0 N–H and O–H groups in total. The molecular weight excluding hydrogens is 537 g/mol. The number of benzene rings is 1. The van der Waals surface area contributed by atoms with Crippen molar-refractivity contribution in [3.63, 3.8) is 0 Å². The highest BCUT2D eigenvalue weighted by atomic mass is 19.2. The van der Waals surface area contributed by atoms with Crippen molar-refractivity contribution in [1.29, 1.82) is 0 Å². The molecule has 0 amide bonds. The first kappa shape index (κ1) is 30.8. The second-order valence-electron chi connectivity index (χ2n) is 9.38. The summed E-state index contributed by atoms with van der Waals surface area (Å²) in [6.07, 6.45) is 9.02. The number of esters is 1. The maximum atomic E-state index is 14.2. The van der Waals surface area contributed by atoms with Gasteiger partial charge in [-0.25, -0.2) is 31.5 Å². The maximum absolute atomic E-state index is 14.2. The number of aromatic nitrogens is 1. The van der Waals surface area contributed by atoms with Gasteiger partial charge in [-0.05, 0) is 31.9 Å². The minimum absolute atomic E-state index is 0.110. The average Bonchev–Trinajstić information content (AvgIpc) is 2.93. The second kappa shape index (κ2) is 14.6. The van der Waals surface area contributed by atoms with Crippen molar-refractivity contribution in [3.05, 3.63) is 69.9 Å². The Kier molecular flexibility index (Phi) is 11.2. The molecule has 0 saturated carbocycles. The number of unbranched alkanes of at least 4 members (excludes halogenated alkanes) is 8. The smallest absolute Gasteiger partial charge is 0.345 e. The van der Waals surface area contributed by atoms with E-state index in [0.29, 0.717) is 18.8 Å². The van der Waals surface area contributed by atoms with Gasteiger partial charge in [0.1, 0.15) is 0 Å². The number of pyridine rings is 1. The zero-order chi connectivity index (χ0) is 29.2. The highest BCUT2D eigenvalue weighted by Crippen LogP contribution is 2.31. The van der Waals surface area contributed by atoms with Gasteiger partial charge in [0.2, 0.25) is 17.4 Å². The number of halogens is 5. The zero-order valence-electron chi connectivity index (χ0n) is 22.1. The van der Waals surface area contributed by atoms with Crippen LogP contribution in [0.25, 0.3) is 22.2 Å². The van der Waals surface area contributed by atoms with Gasteiger partial charge in [0.15, 0.2) is 23.3 Å². The first-order chi connectivity index (χ1) is 19.1. The normalized spacial score (nSPS) is 11.2. The van der Waals surface area contributed by atoms with Gasteiger partial charge in [-0.3, -0.25) is 0 Å². The van der Waals surface area contributed by atoms with Gasteiger partial charge < -0.3 is 13.9 Å². The summed E-state index contributed by atoms with van der Waals surface area (Å²) in [6, 6.07) is 3.81. The van der Waals surface area contributed by atoms with Gasteiger partial charge in [0, 0.05) is 17.0 Å². The predicted molar refractivity (Wildman–Crippen MR) is 138 cm³/mol. The summed E-state index contributed by atoms with van der Waals surface area (Å²) in [5, 5.41) is 0.110. The van der Waals surface area contributed by atoms with E-state index in [0.717, 1.165) is 63.9 Å². The lowest BCUT2D eigenvalue weighted by molar-refractivity contribution is -0.139. The molecule has 0 fully saturated rings. The van der Waals surface area contributed by atoms with Crippen molar-refractivity contribution in [1.82, 2.24) is 4.98 Å². The fraction of sp³-hybridized carbons (Fsp3) is 0.414. The van der Waals surface area contributed by atoms with Gasteiger partial charge in [0.05, 0.1) is 24.3 Å². The fourth-order valence-corrected chi connectivity index (χ4v) is 3.99. The van der Waals surface area contributed by atoms with Crippen LogP contribution in [0, 0.1) is 29.1 Å². The predicted octanol–water partition coefficient (Wildman–Crippen LogP) is 7.56. The summed E-state index contributed by atoms with van der Waals surface area (Å²) in [4.78, 5) is 27.7. The number of rotatable bonds is 15. The third-order valence-electron chi connectivity index (χ3n) is 6.17. The molecule has 2 aromatic heterocycles. The van der Waals surface area contributed by atoms with Crippen molar-refractivity contribution in [2.24, 2.45) is 0 Å². The number of hydrogen-bond donors (Lipinski definition) is 0. The Balaban J connectivity index is 1.41. The Morgan fingerprint density at radius 2 is 1.35 bits per heavy atom. The molecule has 3 aromatic rings. The van der Waals surface area contributed by atoms with E-state index in [2.05, 4.69) is 11.6 Å². The van der Waals surface area contributed by atoms with Crippen molar-refractivity contribution in [2.45, 2.75) is 64.7 Å². The summed E-state index contributed by atoms with van der Waals surface area (Å²) < 4.78 is 84.5. The maximum Gasteiger partial charge on any atom is 0.345 e. The van der Waals surface area contributed by atoms with Crippen LogP contribution in [0.3, 0.4) is 0 Å². The Hall–Kier alpha value is -3.76. The first-order valence-corrected chi connectivity index (χ1v) is 13.0. The van der Waals surface area contributed by atoms with Crippen LogP contribution < -0.4 is 10.4 Å². The summed E-state index contributed by atoms with van der Waals surface area (Å²) >= 11 is 0. The molecule has 216 valence electrons. The van der Waals surface area contributed by atoms with E-state index >= 15 is 0 Å². The summed E-state index contributed by atoms with van der Waals surface area (Å²) in [7, 11) is 0. The van der Waals surface area contributed by atoms with E-state index in [4.69, 9.17) is 13.9 Å². The van der Waals surface area contributed by atoms with Crippen LogP contribution >= 0.6 is 0 Å². The highest BCUT2D eigenvalue weighted by molar-refractivity contribution is 5.86. The van der Waals surface area contributed by atoms with Gasteiger partial charge >= 0.3 is 11.6 Å². The van der Waals surface area contributed by atoms with Crippen LogP contribution in [-0.4, -0.2) is 24.2 Å². The van der Waals surface area contributed by atoms with Crippen molar-refractivity contribution in [2.75, 3.05) is 13.2 Å². The van der Waals surface area contributed by atoms with Crippen molar-refractivity contribution in [3.8, 4) is 17.0 Å². The Morgan fingerprint density at radius 3 is 1.93 bits per heavy atom. The second-order valence-corrected chi connectivity index (χ2v) is 9.38. The van der Waals surface area contributed by atoms with Gasteiger partial charge in [-0.2, -0.15) is 4.98 Å². The minimum Gasteiger partial charge on any atom is -0.478 e. The number of ether oxygens (including phenoxy) is 2. The summed E-state index contributed by atoms with van der Waals surface area (Å²) in [5.74, 6) is -11.1. The van der Waals surface area contributed by atoms with E-state index in [-0.39, 0.29) is 22.9 Å².